The Balaban J connectivity index is 1.51. The molecule has 3 aromatic rings. The minimum atomic E-state index is -4.35. The molecule has 7 heteroatoms. The van der Waals surface area contributed by atoms with Crippen molar-refractivity contribution in [3.63, 3.8) is 0 Å². The van der Waals surface area contributed by atoms with Gasteiger partial charge in [0.2, 0.25) is 0 Å². The van der Waals surface area contributed by atoms with Crippen LogP contribution in [-0.4, -0.2) is 5.71 Å². The number of oxime groups is 1. The Kier molecular flexibility index (Phi) is 6.03. The Bertz CT molecular complexity index is 900. The molecule has 0 atom stereocenters. The first-order valence-corrected chi connectivity index (χ1v) is 8.50. The van der Waals surface area contributed by atoms with E-state index in [0.29, 0.717) is 23.6 Å². The average Bonchev–Trinajstić information content (AvgIpc) is 3.20. The van der Waals surface area contributed by atoms with Crippen LogP contribution in [0.15, 0.2) is 76.5 Å². The van der Waals surface area contributed by atoms with E-state index in [-0.39, 0.29) is 6.61 Å². The lowest BCUT2D eigenvalue weighted by atomic mass is 10.1. The predicted molar refractivity (Wildman–Crippen MR) is 97.9 cm³/mol. The topological polar surface area (TPSA) is 44.0 Å². The average molecular weight is 389 g/mol. The fourth-order valence-corrected chi connectivity index (χ4v) is 2.39. The number of benzene rings is 2. The Morgan fingerprint density at radius 2 is 1.68 bits per heavy atom. The smallest absolute Gasteiger partial charge is 0.416 e. The molecule has 2 aromatic carbocycles. The van der Waals surface area contributed by atoms with Crippen LogP contribution < -0.4 is 4.74 Å². The van der Waals surface area contributed by atoms with Crippen molar-refractivity contribution in [3.05, 3.63) is 89.4 Å². The standard InChI is InChI=1S/C21H18F3NO3/c1-15(25-28-13-16-4-8-18(9-5-16)21(22,23)24)17-6-10-19(11-7-17)27-14-20-3-2-12-26-20/h2-12H,13-14H2,1H3/b25-15+. The number of hydrogen-bond acceptors (Lipinski definition) is 4. The van der Waals surface area contributed by atoms with Gasteiger partial charge in [0.25, 0.3) is 0 Å². The van der Waals surface area contributed by atoms with Crippen molar-refractivity contribution in [3.8, 4) is 5.75 Å². The van der Waals surface area contributed by atoms with Crippen LogP contribution in [0.3, 0.4) is 0 Å². The van der Waals surface area contributed by atoms with Crippen molar-refractivity contribution >= 4 is 5.71 Å². The fraction of sp³-hybridized carbons (Fsp3) is 0.190. The van der Waals surface area contributed by atoms with E-state index in [0.717, 1.165) is 23.5 Å². The van der Waals surface area contributed by atoms with Gasteiger partial charge in [-0.1, -0.05) is 17.3 Å². The summed E-state index contributed by atoms with van der Waals surface area (Å²) in [6.45, 7) is 2.21. The highest BCUT2D eigenvalue weighted by Crippen LogP contribution is 2.29. The summed E-state index contributed by atoms with van der Waals surface area (Å²) >= 11 is 0. The van der Waals surface area contributed by atoms with Crippen molar-refractivity contribution in [2.24, 2.45) is 5.16 Å². The Morgan fingerprint density at radius 1 is 0.964 bits per heavy atom. The van der Waals surface area contributed by atoms with E-state index in [1.54, 1.807) is 19.3 Å². The zero-order valence-electron chi connectivity index (χ0n) is 15.1. The molecule has 0 spiro atoms. The second kappa shape index (κ2) is 8.65. The minimum Gasteiger partial charge on any atom is -0.486 e. The third-order valence-electron chi connectivity index (χ3n) is 3.95. The molecule has 0 fully saturated rings. The maximum absolute atomic E-state index is 12.5. The first-order valence-electron chi connectivity index (χ1n) is 8.50. The molecule has 0 aliphatic rings. The molecule has 0 saturated carbocycles. The number of ether oxygens (including phenoxy) is 1. The molecule has 0 saturated heterocycles. The lowest BCUT2D eigenvalue weighted by Crippen LogP contribution is -2.04. The Hall–Kier alpha value is -3.22. The highest BCUT2D eigenvalue weighted by molar-refractivity contribution is 5.98. The maximum Gasteiger partial charge on any atom is 0.416 e. The zero-order valence-corrected chi connectivity index (χ0v) is 15.1. The van der Waals surface area contributed by atoms with Gasteiger partial charge in [0.1, 0.15) is 24.7 Å². The van der Waals surface area contributed by atoms with Gasteiger partial charge < -0.3 is 14.0 Å². The van der Waals surface area contributed by atoms with Crippen LogP contribution >= 0.6 is 0 Å². The molecule has 0 aliphatic heterocycles. The highest BCUT2D eigenvalue weighted by Gasteiger charge is 2.29. The van der Waals surface area contributed by atoms with Crippen LogP contribution in [0.5, 0.6) is 5.75 Å². The zero-order chi connectivity index (χ0) is 20.0. The summed E-state index contributed by atoms with van der Waals surface area (Å²) in [5, 5.41) is 4.02. The number of halogens is 3. The third-order valence-corrected chi connectivity index (χ3v) is 3.95. The largest absolute Gasteiger partial charge is 0.486 e. The number of alkyl halides is 3. The van der Waals surface area contributed by atoms with E-state index in [4.69, 9.17) is 14.0 Å². The molecule has 146 valence electrons. The number of rotatable bonds is 7. The van der Waals surface area contributed by atoms with E-state index >= 15 is 0 Å². The molecule has 0 radical (unpaired) electrons. The fourth-order valence-electron chi connectivity index (χ4n) is 2.39. The second-order valence-corrected chi connectivity index (χ2v) is 6.04. The van der Waals surface area contributed by atoms with Crippen LogP contribution in [0, 0.1) is 0 Å². The molecule has 0 N–H and O–H groups in total. The molecule has 4 nitrogen and oxygen atoms in total. The third kappa shape index (κ3) is 5.39. The van der Waals surface area contributed by atoms with Gasteiger partial charge >= 0.3 is 6.18 Å². The van der Waals surface area contributed by atoms with Gasteiger partial charge in [-0.15, -0.1) is 0 Å². The van der Waals surface area contributed by atoms with Crippen LogP contribution in [-0.2, 0) is 24.2 Å². The number of furan rings is 1. The molecule has 0 bridgehead atoms. The molecular weight excluding hydrogens is 371 g/mol. The minimum absolute atomic E-state index is 0.0832. The maximum atomic E-state index is 12.5. The first kappa shape index (κ1) is 19.5. The van der Waals surface area contributed by atoms with Gasteiger partial charge in [0.15, 0.2) is 0 Å². The van der Waals surface area contributed by atoms with Crippen LogP contribution in [0.25, 0.3) is 0 Å². The first-order chi connectivity index (χ1) is 13.4. The van der Waals surface area contributed by atoms with E-state index in [2.05, 4.69) is 5.16 Å². The van der Waals surface area contributed by atoms with E-state index in [1.165, 1.54) is 12.1 Å². The molecule has 0 aliphatic carbocycles. The Labute approximate surface area is 160 Å². The SMILES string of the molecule is C/C(=N\OCc1ccc(C(F)(F)F)cc1)c1ccc(OCc2ccco2)cc1. The predicted octanol–water partition coefficient (Wildman–Crippen LogP) is 5.82. The molecular formula is C21H18F3NO3. The van der Waals surface area contributed by atoms with Crippen LogP contribution in [0.4, 0.5) is 13.2 Å². The molecule has 3 rings (SSSR count). The number of nitrogens with zero attached hydrogens (tertiary/aromatic N) is 1. The van der Waals surface area contributed by atoms with Gasteiger partial charge in [-0.05, 0) is 66.6 Å². The lowest BCUT2D eigenvalue weighted by molar-refractivity contribution is -0.137. The Morgan fingerprint density at radius 3 is 2.29 bits per heavy atom. The number of hydrogen-bond donors (Lipinski definition) is 0. The molecule has 0 amide bonds. The van der Waals surface area contributed by atoms with E-state index in [9.17, 15) is 13.2 Å². The summed E-state index contributed by atoms with van der Waals surface area (Å²) in [7, 11) is 0. The summed E-state index contributed by atoms with van der Waals surface area (Å²) in [4.78, 5) is 5.25. The van der Waals surface area contributed by atoms with Crippen molar-refractivity contribution in [2.45, 2.75) is 26.3 Å². The lowest BCUT2D eigenvalue weighted by Gasteiger charge is -2.08. The van der Waals surface area contributed by atoms with Crippen LogP contribution in [0.1, 0.15) is 29.4 Å². The second-order valence-electron chi connectivity index (χ2n) is 6.04. The van der Waals surface area contributed by atoms with Gasteiger partial charge in [0, 0.05) is 0 Å². The molecule has 0 unspecified atom stereocenters. The van der Waals surface area contributed by atoms with Gasteiger partial charge in [0.05, 0.1) is 17.5 Å². The monoisotopic (exact) mass is 389 g/mol. The molecule has 1 heterocycles. The summed E-state index contributed by atoms with van der Waals surface area (Å²) in [6.07, 6.45) is -2.76. The quantitative estimate of drug-likeness (QED) is 0.378. The summed E-state index contributed by atoms with van der Waals surface area (Å²) in [5.74, 6) is 1.43. The molecule has 1 aromatic heterocycles. The van der Waals surface area contributed by atoms with Crippen LogP contribution in [0.2, 0.25) is 0 Å². The van der Waals surface area contributed by atoms with Gasteiger partial charge in [-0.2, -0.15) is 13.2 Å². The van der Waals surface area contributed by atoms with E-state index < -0.39 is 11.7 Å². The summed E-state index contributed by atoms with van der Waals surface area (Å²) in [5.41, 5.74) is 1.40. The van der Waals surface area contributed by atoms with Crippen molar-refractivity contribution in [2.75, 3.05) is 0 Å². The normalized spacial score (nSPS) is 12.1. The van der Waals surface area contributed by atoms with Crippen molar-refractivity contribution in [1.29, 1.82) is 0 Å². The van der Waals surface area contributed by atoms with Gasteiger partial charge in [-0.25, -0.2) is 0 Å². The van der Waals surface area contributed by atoms with Crippen molar-refractivity contribution in [1.82, 2.24) is 0 Å². The highest BCUT2D eigenvalue weighted by atomic mass is 19.4. The summed E-state index contributed by atoms with van der Waals surface area (Å²) in [6, 6.07) is 15.7. The van der Waals surface area contributed by atoms with E-state index in [1.807, 2.05) is 30.3 Å². The molecule has 28 heavy (non-hydrogen) atoms. The van der Waals surface area contributed by atoms with Crippen molar-refractivity contribution < 1.29 is 27.2 Å². The van der Waals surface area contributed by atoms with Gasteiger partial charge in [-0.3, -0.25) is 0 Å². The summed E-state index contributed by atoms with van der Waals surface area (Å²) < 4.78 is 48.5.